The average molecular weight is 302 g/mol. The number of rotatable bonds is 2. The molecule has 0 aliphatic rings. The summed E-state index contributed by atoms with van der Waals surface area (Å²) in [5.74, 6) is -0.0600. The number of ether oxygens (including phenoxy) is 3. The van der Waals surface area contributed by atoms with Crippen LogP contribution in [0.15, 0.2) is 36.4 Å². The fourth-order valence-electron chi connectivity index (χ4n) is 1.98. The Labute approximate surface area is 128 Å². The van der Waals surface area contributed by atoms with E-state index in [-0.39, 0.29) is 0 Å². The van der Waals surface area contributed by atoms with Crippen molar-refractivity contribution in [3.05, 3.63) is 42.0 Å². The van der Waals surface area contributed by atoms with Gasteiger partial charge in [-0.3, -0.25) is 0 Å². The molecule has 2 aromatic rings. The highest BCUT2D eigenvalue weighted by atomic mass is 16.7. The predicted molar refractivity (Wildman–Crippen MR) is 82.1 cm³/mol. The van der Waals surface area contributed by atoms with Crippen molar-refractivity contribution in [2.45, 2.75) is 26.4 Å². The SMILES string of the molecule is COC(=O)c1cccc2cc(OC(=O)OC(C)(C)C)ccc12. The number of carbonyl (C=O) groups excluding carboxylic acids is 2. The molecular formula is C17H18O5. The van der Waals surface area contributed by atoms with E-state index in [1.165, 1.54) is 7.11 Å². The monoisotopic (exact) mass is 302 g/mol. The van der Waals surface area contributed by atoms with Gasteiger partial charge in [-0.2, -0.15) is 0 Å². The van der Waals surface area contributed by atoms with Crippen molar-refractivity contribution in [1.29, 1.82) is 0 Å². The van der Waals surface area contributed by atoms with Crippen LogP contribution in [-0.4, -0.2) is 24.8 Å². The van der Waals surface area contributed by atoms with Crippen LogP contribution in [0.25, 0.3) is 10.8 Å². The summed E-state index contributed by atoms with van der Waals surface area (Å²) in [6.45, 7) is 5.28. The minimum atomic E-state index is -0.768. The zero-order valence-electron chi connectivity index (χ0n) is 13.0. The Morgan fingerprint density at radius 2 is 1.77 bits per heavy atom. The first kappa shape index (κ1) is 15.8. The minimum Gasteiger partial charge on any atom is -0.465 e. The molecule has 5 heteroatoms. The summed E-state index contributed by atoms with van der Waals surface area (Å²) in [5, 5.41) is 1.50. The Kier molecular flexibility index (Phi) is 4.35. The third-order valence-corrected chi connectivity index (χ3v) is 2.85. The van der Waals surface area contributed by atoms with Gasteiger partial charge in [-0.05, 0) is 55.8 Å². The fraction of sp³-hybridized carbons (Fsp3) is 0.294. The van der Waals surface area contributed by atoms with Crippen LogP contribution in [0.3, 0.4) is 0 Å². The van der Waals surface area contributed by atoms with Crippen LogP contribution in [0.2, 0.25) is 0 Å². The van der Waals surface area contributed by atoms with Crippen LogP contribution in [0, 0.1) is 0 Å². The molecule has 116 valence electrons. The summed E-state index contributed by atoms with van der Waals surface area (Å²) in [6, 6.07) is 10.2. The van der Waals surface area contributed by atoms with Gasteiger partial charge in [-0.15, -0.1) is 0 Å². The molecule has 0 saturated carbocycles. The highest BCUT2D eigenvalue weighted by Gasteiger charge is 2.18. The topological polar surface area (TPSA) is 61.8 Å². The van der Waals surface area contributed by atoms with E-state index in [0.717, 1.165) is 10.8 Å². The highest BCUT2D eigenvalue weighted by Crippen LogP contribution is 2.25. The molecular weight excluding hydrogens is 284 g/mol. The molecule has 0 N–H and O–H groups in total. The molecule has 0 aliphatic heterocycles. The van der Waals surface area contributed by atoms with Crippen LogP contribution >= 0.6 is 0 Å². The molecule has 0 heterocycles. The van der Waals surface area contributed by atoms with Gasteiger partial charge in [-0.25, -0.2) is 9.59 Å². The Morgan fingerprint density at radius 1 is 1.05 bits per heavy atom. The maximum atomic E-state index is 11.7. The van der Waals surface area contributed by atoms with Crippen molar-refractivity contribution in [3.8, 4) is 5.75 Å². The number of methoxy groups -OCH3 is 1. The van der Waals surface area contributed by atoms with Crippen LogP contribution < -0.4 is 4.74 Å². The van der Waals surface area contributed by atoms with Gasteiger partial charge >= 0.3 is 12.1 Å². The molecule has 0 amide bonds. The summed E-state index contributed by atoms with van der Waals surface area (Å²) in [6.07, 6.45) is -0.768. The second-order valence-corrected chi connectivity index (χ2v) is 5.75. The van der Waals surface area contributed by atoms with Crippen LogP contribution in [0.1, 0.15) is 31.1 Å². The zero-order chi connectivity index (χ0) is 16.3. The maximum absolute atomic E-state index is 11.7. The van der Waals surface area contributed by atoms with E-state index < -0.39 is 17.7 Å². The summed E-state index contributed by atoms with van der Waals surface area (Å²) in [7, 11) is 1.33. The molecule has 0 fully saturated rings. The zero-order valence-corrected chi connectivity index (χ0v) is 13.0. The standard InChI is InChI=1S/C17H18O5/c1-17(2,3)22-16(19)21-12-8-9-13-11(10-12)6-5-7-14(13)15(18)20-4/h5-10H,1-4H3. The second kappa shape index (κ2) is 6.05. The Morgan fingerprint density at radius 3 is 2.41 bits per heavy atom. The van der Waals surface area contributed by atoms with Crippen molar-refractivity contribution in [2.75, 3.05) is 7.11 Å². The van der Waals surface area contributed by atoms with Gasteiger partial charge in [0, 0.05) is 0 Å². The average Bonchev–Trinajstić information content (AvgIpc) is 2.43. The van der Waals surface area contributed by atoms with Gasteiger partial charge in [0.05, 0.1) is 12.7 Å². The van der Waals surface area contributed by atoms with Gasteiger partial charge < -0.3 is 14.2 Å². The number of esters is 1. The van der Waals surface area contributed by atoms with E-state index in [2.05, 4.69) is 0 Å². The fourth-order valence-corrected chi connectivity index (χ4v) is 1.98. The van der Waals surface area contributed by atoms with E-state index in [0.29, 0.717) is 11.3 Å². The van der Waals surface area contributed by atoms with E-state index in [1.807, 2.05) is 6.07 Å². The van der Waals surface area contributed by atoms with Crippen LogP contribution in [-0.2, 0) is 9.47 Å². The number of benzene rings is 2. The first-order valence-electron chi connectivity index (χ1n) is 6.82. The van der Waals surface area contributed by atoms with Crippen molar-refractivity contribution < 1.29 is 23.8 Å². The quantitative estimate of drug-likeness (QED) is 0.621. The normalized spacial score (nSPS) is 11.1. The Balaban J connectivity index is 2.28. The lowest BCUT2D eigenvalue weighted by atomic mass is 10.0. The van der Waals surface area contributed by atoms with E-state index in [1.54, 1.807) is 51.1 Å². The molecule has 2 aromatic carbocycles. The smallest absolute Gasteiger partial charge is 0.465 e. The van der Waals surface area contributed by atoms with Crippen LogP contribution in [0.4, 0.5) is 4.79 Å². The third kappa shape index (κ3) is 3.75. The highest BCUT2D eigenvalue weighted by molar-refractivity contribution is 6.04. The largest absolute Gasteiger partial charge is 0.514 e. The number of fused-ring (bicyclic) bond motifs is 1. The third-order valence-electron chi connectivity index (χ3n) is 2.85. The molecule has 0 spiro atoms. The van der Waals surface area contributed by atoms with Crippen molar-refractivity contribution in [2.24, 2.45) is 0 Å². The summed E-state index contributed by atoms with van der Waals surface area (Å²) in [5.41, 5.74) is -0.157. The first-order chi connectivity index (χ1) is 10.3. The predicted octanol–water partition coefficient (Wildman–Crippen LogP) is 3.94. The lowest BCUT2D eigenvalue weighted by Crippen LogP contribution is -2.25. The van der Waals surface area contributed by atoms with Gasteiger partial charge in [-0.1, -0.05) is 12.1 Å². The lowest BCUT2D eigenvalue weighted by molar-refractivity contribution is 0.0206. The Hall–Kier alpha value is -2.56. The molecule has 0 saturated heterocycles. The number of hydrogen-bond acceptors (Lipinski definition) is 5. The van der Waals surface area contributed by atoms with Gasteiger partial charge in [0.2, 0.25) is 0 Å². The molecule has 5 nitrogen and oxygen atoms in total. The van der Waals surface area contributed by atoms with E-state index in [4.69, 9.17) is 14.2 Å². The van der Waals surface area contributed by atoms with Gasteiger partial charge in [0.1, 0.15) is 11.4 Å². The summed E-state index contributed by atoms with van der Waals surface area (Å²) < 4.78 is 15.0. The van der Waals surface area contributed by atoms with Crippen LogP contribution in [0.5, 0.6) is 5.75 Å². The first-order valence-corrected chi connectivity index (χ1v) is 6.82. The molecule has 2 rings (SSSR count). The van der Waals surface area contributed by atoms with Crippen molar-refractivity contribution in [1.82, 2.24) is 0 Å². The summed E-state index contributed by atoms with van der Waals surface area (Å²) in [4.78, 5) is 23.4. The van der Waals surface area contributed by atoms with Gasteiger partial charge in [0.25, 0.3) is 0 Å². The molecule has 0 radical (unpaired) electrons. The van der Waals surface area contributed by atoms with Crippen molar-refractivity contribution >= 4 is 22.9 Å². The molecule has 0 bridgehead atoms. The second-order valence-electron chi connectivity index (χ2n) is 5.75. The molecule has 0 aromatic heterocycles. The number of hydrogen-bond donors (Lipinski definition) is 0. The number of carbonyl (C=O) groups is 2. The summed E-state index contributed by atoms with van der Waals surface area (Å²) >= 11 is 0. The van der Waals surface area contributed by atoms with E-state index >= 15 is 0 Å². The molecule has 0 unspecified atom stereocenters. The minimum absolute atomic E-state index is 0.351. The molecule has 0 atom stereocenters. The van der Waals surface area contributed by atoms with Crippen molar-refractivity contribution in [3.63, 3.8) is 0 Å². The molecule has 0 aliphatic carbocycles. The lowest BCUT2D eigenvalue weighted by Gasteiger charge is -2.18. The molecule has 22 heavy (non-hydrogen) atoms. The maximum Gasteiger partial charge on any atom is 0.514 e. The van der Waals surface area contributed by atoms with E-state index in [9.17, 15) is 9.59 Å². The van der Waals surface area contributed by atoms with Gasteiger partial charge in [0.15, 0.2) is 0 Å². The Bertz CT molecular complexity index is 713.